The van der Waals surface area contributed by atoms with Gasteiger partial charge in [-0.1, -0.05) is 110 Å². The number of ether oxygens (including phenoxy) is 2. The highest BCUT2D eigenvalue weighted by Gasteiger charge is 2.32. The van der Waals surface area contributed by atoms with Crippen LogP contribution in [0.25, 0.3) is 16.8 Å². The molecular formula is C40H44N6O6S. The first-order valence-corrected chi connectivity index (χ1v) is 18.8. The number of nitrogens with one attached hydrogen (secondary N) is 2. The lowest BCUT2D eigenvalue weighted by molar-refractivity contribution is -0.245. The Morgan fingerprint density at radius 1 is 0.792 bits per heavy atom. The zero-order chi connectivity index (χ0) is 36.8. The Balaban J connectivity index is 1.08. The van der Waals surface area contributed by atoms with Crippen molar-refractivity contribution in [3.63, 3.8) is 0 Å². The van der Waals surface area contributed by atoms with E-state index in [0.29, 0.717) is 36.7 Å². The first kappa shape index (κ1) is 37.8. The molecule has 6 rings (SSSR count). The Hall–Kier alpha value is -4.92. The van der Waals surface area contributed by atoms with Crippen LogP contribution >= 0.6 is 11.8 Å². The molecule has 12 nitrogen and oxygen atoms in total. The number of benzene rings is 4. The van der Waals surface area contributed by atoms with Crippen LogP contribution in [0.4, 0.5) is 0 Å². The van der Waals surface area contributed by atoms with E-state index >= 15 is 0 Å². The molecule has 4 N–H and O–H groups in total. The number of tetrazole rings is 1. The molecule has 1 aliphatic rings. The number of rotatable bonds is 17. The Bertz CT molecular complexity index is 1910. The van der Waals surface area contributed by atoms with Crippen molar-refractivity contribution in [2.75, 3.05) is 5.75 Å². The number of hydrogen-bond donors (Lipinski definition) is 4. The van der Waals surface area contributed by atoms with Gasteiger partial charge in [-0.3, -0.25) is 14.8 Å². The maximum Gasteiger partial charge on any atom is 0.243 e. The summed E-state index contributed by atoms with van der Waals surface area (Å²) in [5.41, 5.74) is 8.35. The van der Waals surface area contributed by atoms with E-state index in [-0.39, 0.29) is 37.0 Å². The van der Waals surface area contributed by atoms with Gasteiger partial charge in [-0.2, -0.15) is 4.68 Å². The smallest absolute Gasteiger partial charge is 0.243 e. The van der Waals surface area contributed by atoms with Crippen LogP contribution < -0.4 is 10.8 Å². The van der Waals surface area contributed by atoms with Gasteiger partial charge in [-0.15, -0.1) is 5.10 Å². The summed E-state index contributed by atoms with van der Waals surface area (Å²) in [5, 5.41) is 34.2. The minimum absolute atomic E-state index is 0.00515. The number of aliphatic hydroxyl groups is 1. The second-order valence-electron chi connectivity index (χ2n) is 12.9. The number of carbonyl (C=O) groups excluding carboxylic acids is 2. The zero-order valence-electron chi connectivity index (χ0n) is 29.3. The molecule has 0 saturated carbocycles. The SMILES string of the molecule is O=C(CCCCCCC(=O)NCc1cccc(-c2ccc(C3OC(CSc4nnnn4-c4ccccc4)CC(c4ccc(CO)cc4)O3)cc2)c1)NO. The van der Waals surface area contributed by atoms with Gasteiger partial charge >= 0.3 is 0 Å². The quantitative estimate of drug-likeness (QED) is 0.0354. The summed E-state index contributed by atoms with van der Waals surface area (Å²) in [6.07, 6.45) is 3.49. The van der Waals surface area contributed by atoms with E-state index in [1.165, 1.54) is 11.8 Å². The topological polar surface area (TPSA) is 161 Å². The van der Waals surface area contributed by atoms with Gasteiger partial charge in [0.2, 0.25) is 17.0 Å². The van der Waals surface area contributed by atoms with Crippen LogP contribution in [0.2, 0.25) is 0 Å². The summed E-state index contributed by atoms with van der Waals surface area (Å²) >= 11 is 1.54. The number of amides is 2. The normalized spacial score (nSPS) is 17.0. The molecule has 3 atom stereocenters. The number of hydrogen-bond acceptors (Lipinski definition) is 10. The Labute approximate surface area is 312 Å². The first-order chi connectivity index (χ1) is 26.0. The molecule has 5 aromatic rings. The molecule has 0 radical (unpaired) electrons. The molecule has 1 saturated heterocycles. The molecule has 0 bridgehead atoms. The molecule has 13 heteroatoms. The number of thioether (sulfide) groups is 1. The third kappa shape index (κ3) is 10.8. The minimum Gasteiger partial charge on any atom is -0.392 e. The van der Waals surface area contributed by atoms with E-state index in [0.717, 1.165) is 58.3 Å². The lowest BCUT2D eigenvalue weighted by atomic mass is 9.99. The summed E-state index contributed by atoms with van der Waals surface area (Å²) in [6, 6.07) is 33.9. The average molecular weight is 737 g/mol. The van der Waals surface area contributed by atoms with E-state index < -0.39 is 6.29 Å². The van der Waals surface area contributed by atoms with Crippen LogP contribution in [0.3, 0.4) is 0 Å². The number of hydroxylamine groups is 1. The van der Waals surface area contributed by atoms with Crippen molar-refractivity contribution >= 4 is 23.6 Å². The van der Waals surface area contributed by atoms with E-state index in [2.05, 4.69) is 39.0 Å². The zero-order valence-corrected chi connectivity index (χ0v) is 30.2. The third-order valence-electron chi connectivity index (χ3n) is 9.07. The molecule has 0 spiro atoms. The molecule has 276 valence electrons. The number of aliphatic hydroxyl groups excluding tert-OH is 1. The molecule has 3 unspecified atom stereocenters. The van der Waals surface area contributed by atoms with Crippen LogP contribution in [0.5, 0.6) is 0 Å². The number of unbranched alkanes of at least 4 members (excludes halogenated alkanes) is 3. The Morgan fingerprint density at radius 3 is 2.26 bits per heavy atom. The average Bonchev–Trinajstić information content (AvgIpc) is 3.69. The summed E-state index contributed by atoms with van der Waals surface area (Å²) in [5.74, 6) is 0.226. The monoisotopic (exact) mass is 736 g/mol. The van der Waals surface area contributed by atoms with Crippen molar-refractivity contribution in [2.45, 2.75) is 81.8 Å². The van der Waals surface area contributed by atoms with Crippen LogP contribution in [0.1, 0.15) is 79.6 Å². The predicted octanol–water partition coefficient (Wildman–Crippen LogP) is 6.62. The molecule has 0 aliphatic carbocycles. The van der Waals surface area contributed by atoms with Crippen molar-refractivity contribution in [3.8, 4) is 16.8 Å². The largest absolute Gasteiger partial charge is 0.392 e. The standard InChI is InChI=1S/C40H44N6O6S/c47-26-28-15-17-31(18-16-28)36-24-35(27-53-40-42-44-45-46(40)34-11-4-3-5-12-34)51-39(52-36)32-21-19-30(20-22-32)33-10-8-9-29(23-33)25-41-37(48)13-6-1-2-7-14-38(49)43-50/h3-5,8-12,15-23,35-36,39,47,50H,1-2,6-7,13-14,24-27H2,(H,41,48)(H,43,49). The number of carbonyl (C=O) groups is 2. The lowest BCUT2D eigenvalue weighted by Crippen LogP contribution is -2.31. The highest BCUT2D eigenvalue weighted by Crippen LogP contribution is 2.40. The summed E-state index contributed by atoms with van der Waals surface area (Å²) < 4.78 is 14.9. The molecule has 53 heavy (non-hydrogen) atoms. The second-order valence-corrected chi connectivity index (χ2v) is 13.9. The van der Waals surface area contributed by atoms with Gasteiger partial charge < -0.3 is 19.9 Å². The van der Waals surface area contributed by atoms with E-state index in [4.69, 9.17) is 14.7 Å². The molecule has 1 aliphatic heterocycles. The fraction of sp³-hybridized carbons (Fsp3) is 0.325. The maximum absolute atomic E-state index is 12.4. The van der Waals surface area contributed by atoms with Crippen LogP contribution in [0, 0.1) is 0 Å². The van der Waals surface area contributed by atoms with Gasteiger partial charge in [0, 0.05) is 37.1 Å². The molecule has 1 fully saturated rings. The van der Waals surface area contributed by atoms with Crippen molar-refractivity contribution in [1.82, 2.24) is 31.0 Å². The van der Waals surface area contributed by atoms with E-state index in [1.54, 1.807) is 10.2 Å². The third-order valence-corrected chi connectivity index (χ3v) is 10.1. The Morgan fingerprint density at radius 2 is 1.53 bits per heavy atom. The van der Waals surface area contributed by atoms with Gasteiger partial charge in [0.1, 0.15) is 0 Å². The second kappa shape index (κ2) is 19.2. The minimum atomic E-state index is -0.599. The molecule has 4 aromatic carbocycles. The lowest BCUT2D eigenvalue weighted by Gasteiger charge is -2.36. The van der Waals surface area contributed by atoms with E-state index in [9.17, 15) is 14.7 Å². The molecule has 1 aromatic heterocycles. The molecule has 2 heterocycles. The van der Waals surface area contributed by atoms with Gasteiger partial charge in [0.15, 0.2) is 6.29 Å². The van der Waals surface area contributed by atoms with E-state index in [1.807, 2.05) is 84.9 Å². The predicted molar refractivity (Wildman–Crippen MR) is 200 cm³/mol. The first-order valence-electron chi connectivity index (χ1n) is 17.8. The van der Waals surface area contributed by atoms with Crippen molar-refractivity contribution in [1.29, 1.82) is 0 Å². The van der Waals surface area contributed by atoms with Crippen molar-refractivity contribution < 1.29 is 29.4 Å². The van der Waals surface area contributed by atoms with Crippen LogP contribution in [-0.4, -0.2) is 54.2 Å². The molecule has 2 amide bonds. The number of para-hydroxylation sites is 1. The number of aromatic nitrogens is 4. The summed E-state index contributed by atoms with van der Waals surface area (Å²) in [6.45, 7) is 0.414. The molecular weight excluding hydrogens is 693 g/mol. The Kier molecular flexibility index (Phi) is 13.7. The van der Waals surface area contributed by atoms with Gasteiger partial charge in [-0.25, -0.2) is 5.48 Å². The highest BCUT2D eigenvalue weighted by atomic mass is 32.2. The fourth-order valence-corrected chi connectivity index (χ4v) is 7.06. The van der Waals surface area contributed by atoms with Gasteiger partial charge in [0.25, 0.3) is 0 Å². The van der Waals surface area contributed by atoms with Gasteiger partial charge in [-0.05, 0) is 69.3 Å². The van der Waals surface area contributed by atoms with Crippen LogP contribution in [0.15, 0.2) is 108 Å². The highest BCUT2D eigenvalue weighted by molar-refractivity contribution is 7.99. The number of nitrogens with zero attached hydrogens (tertiary/aromatic N) is 4. The maximum atomic E-state index is 12.4. The van der Waals surface area contributed by atoms with Gasteiger partial charge in [0.05, 0.1) is 24.5 Å². The summed E-state index contributed by atoms with van der Waals surface area (Å²) in [4.78, 5) is 23.5. The van der Waals surface area contributed by atoms with Crippen molar-refractivity contribution in [2.24, 2.45) is 0 Å². The summed E-state index contributed by atoms with van der Waals surface area (Å²) in [7, 11) is 0. The fourth-order valence-electron chi connectivity index (χ4n) is 6.15. The van der Waals surface area contributed by atoms with Crippen molar-refractivity contribution in [3.05, 3.63) is 125 Å². The van der Waals surface area contributed by atoms with Crippen LogP contribution in [-0.2, 0) is 32.2 Å².